The van der Waals surface area contributed by atoms with Gasteiger partial charge in [0.15, 0.2) is 15.5 Å². The zero-order valence-corrected chi connectivity index (χ0v) is 22.1. The largest absolute Gasteiger partial charge is 0.461 e. The summed E-state index contributed by atoms with van der Waals surface area (Å²) < 4.78 is 30.7. The van der Waals surface area contributed by atoms with Crippen LogP contribution in [0.3, 0.4) is 0 Å². The molecule has 0 saturated heterocycles. The van der Waals surface area contributed by atoms with E-state index in [1.165, 1.54) is 10.7 Å². The van der Waals surface area contributed by atoms with Crippen LogP contribution in [0.2, 0.25) is 0 Å². The smallest absolute Gasteiger partial charge is 0.359 e. The Morgan fingerprint density at radius 1 is 1.05 bits per heavy atom. The van der Waals surface area contributed by atoms with E-state index >= 15 is 0 Å². The lowest BCUT2D eigenvalue weighted by Gasteiger charge is -2.12. The van der Waals surface area contributed by atoms with E-state index < -0.39 is 21.7 Å². The van der Waals surface area contributed by atoms with Crippen LogP contribution in [0.4, 0.5) is 11.4 Å². The average molecular weight is 545 g/mol. The Bertz CT molecular complexity index is 1720. The van der Waals surface area contributed by atoms with E-state index in [4.69, 9.17) is 4.74 Å². The molecule has 1 aromatic heterocycles. The third-order valence-corrected chi connectivity index (χ3v) is 6.93. The molecule has 0 atom stereocenters. The first-order chi connectivity index (χ1) is 18.7. The van der Waals surface area contributed by atoms with Gasteiger partial charge in [-0.3, -0.25) is 4.79 Å². The molecule has 39 heavy (non-hydrogen) atoms. The Kier molecular flexibility index (Phi) is 7.80. The molecule has 1 amide bonds. The van der Waals surface area contributed by atoms with Crippen LogP contribution in [0.1, 0.15) is 33.5 Å². The van der Waals surface area contributed by atoms with Crippen molar-refractivity contribution in [1.29, 1.82) is 0 Å². The van der Waals surface area contributed by atoms with Gasteiger partial charge in [0.2, 0.25) is 0 Å². The Morgan fingerprint density at radius 3 is 2.36 bits per heavy atom. The summed E-state index contributed by atoms with van der Waals surface area (Å²) in [6, 6.07) is 20.3. The normalized spacial score (nSPS) is 10.9. The third-order valence-electron chi connectivity index (χ3n) is 5.77. The van der Waals surface area contributed by atoms with Gasteiger partial charge in [-0.05, 0) is 54.8 Å². The molecule has 4 aromatic rings. The van der Waals surface area contributed by atoms with E-state index in [1.54, 1.807) is 61.5 Å². The summed E-state index contributed by atoms with van der Waals surface area (Å²) in [5.41, 5.74) is 11.3. The summed E-state index contributed by atoms with van der Waals surface area (Å²) in [7, 11) is -3.46. The number of para-hydroxylation sites is 1. The van der Waals surface area contributed by atoms with Gasteiger partial charge in [-0.15, -0.1) is 0 Å². The van der Waals surface area contributed by atoms with Crippen LogP contribution in [0.15, 0.2) is 82.8 Å². The number of amides is 1. The summed E-state index contributed by atoms with van der Waals surface area (Å²) in [5.74, 6) is -1.52. The van der Waals surface area contributed by atoms with Crippen LogP contribution in [-0.2, 0) is 14.6 Å². The number of benzene rings is 3. The number of nitrogens with one attached hydrogen (secondary N) is 1. The van der Waals surface area contributed by atoms with Crippen molar-refractivity contribution in [3.05, 3.63) is 100 Å². The van der Waals surface area contributed by atoms with Crippen molar-refractivity contribution in [3.63, 3.8) is 0 Å². The molecule has 3 aromatic carbocycles. The fourth-order valence-electron chi connectivity index (χ4n) is 4.02. The SMILES string of the molecule is CCOC(=O)c1nn(-c2ccccc2C)c(C(=O)Nc2ccc(-c3ccccc3S(C)(=O)=O)cc2)c1N=[N+]=[N-]. The van der Waals surface area contributed by atoms with Gasteiger partial charge in [-0.2, -0.15) is 5.10 Å². The Labute approximate surface area is 224 Å². The zero-order chi connectivity index (χ0) is 28.2. The number of rotatable bonds is 8. The Morgan fingerprint density at radius 2 is 1.72 bits per heavy atom. The molecule has 11 nitrogen and oxygen atoms in total. The van der Waals surface area contributed by atoms with E-state index in [9.17, 15) is 23.5 Å². The minimum atomic E-state index is -3.46. The van der Waals surface area contributed by atoms with E-state index in [2.05, 4.69) is 20.4 Å². The molecule has 0 aliphatic rings. The third kappa shape index (κ3) is 5.66. The second-order valence-corrected chi connectivity index (χ2v) is 10.4. The van der Waals surface area contributed by atoms with Gasteiger partial charge in [-0.1, -0.05) is 53.6 Å². The number of ether oxygens (including phenoxy) is 1. The quantitative estimate of drug-likeness (QED) is 0.131. The molecular weight excluding hydrogens is 520 g/mol. The van der Waals surface area contributed by atoms with Crippen molar-refractivity contribution in [2.45, 2.75) is 18.7 Å². The van der Waals surface area contributed by atoms with Gasteiger partial charge in [0.05, 0.1) is 17.2 Å². The molecule has 0 spiro atoms. The molecule has 0 radical (unpaired) electrons. The molecule has 1 heterocycles. The van der Waals surface area contributed by atoms with Crippen LogP contribution in [0, 0.1) is 6.92 Å². The first-order valence-corrected chi connectivity index (χ1v) is 13.7. The number of aryl methyl sites for hydroxylation is 1. The summed E-state index contributed by atoms with van der Waals surface area (Å²) in [6.07, 6.45) is 1.14. The van der Waals surface area contributed by atoms with Crippen molar-refractivity contribution < 1.29 is 22.7 Å². The highest BCUT2D eigenvalue weighted by Gasteiger charge is 2.29. The summed E-state index contributed by atoms with van der Waals surface area (Å²) >= 11 is 0. The number of carbonyl (C=O) groups is 2. The van der Waals surface area contributed by atoms with E-state index in [-0.39, 0.29) is 28.6 Å². The van der Waals surface area contributed by atoms with Gasteiger partial charge in [0, 0.05) is 22.4 Å². The maximum atomic E-state index is 13.6. The lowest BCUT2D eigenvalue weighted by Crippen LogP contribution is -2.17. The number of esters is 1. The summed E-state index contributed by atoms with van der Waals surface area (Å²) in [6.45, 7) is 3.49. The molecule has 0 fully saturated rings. The van der Waals surface area contributed by atoms with Crippen LogP contribution in [0.25, 0.3) is 27.3 Å². The van der Waals surface area contributed by atoms with Gasteiger partial charge in [0.1, 0.15) is 11.4 Å². The van der Waals surface area contributed by atoms with Crippen LogP contribution in [-0.4, -0.2) is 42.9 Å². The predicted molar refractivity (Wildman–Crippen MR) is 146 cm³/mol. The summed E-state index contributed by atoms with van der Waals surface area (Å²) in [4.78, 5) is 29.2. The highest BCUT2D eigenvalue weighted by molar-refractivity contribution is 7.90. The van der Waals surface area contributed by atoms with Gasteiger partial charge >= 0.3 is 5.97 Å². The topological polar surface area (TPSA) is 156 Å². The molecule has 0 bridgehead atoms. The van der Waals surface area contributed by atoms with E-state index in [0.717, 1.165) is 11.8 Å². The minimum Gasteiger partial charge on any atom is -0.461 e. The number of hydrogen-bond acceptors (Lipinski definition) is 7. The molecule has 4 rings (SSSR count). The average Bonchev–Trinajstić information content (AvgIpc) is 3.28. The zero-order valence-electron chi connectivity index (χ0n) is 21.3. The Hall–Kier alpha value is -4.93. The number of sulfone groups is 1. The molecule has 0 unspecified atom stereocenters. The molecule has 1 N–H and O–H groups in total. The highest BCUT2D eigenvalue weighted by atomic mass is 32.2. The van der Waals surface area contributed by atoms with Crippen molar-refractivity contribution in [1.82, 2.24) is 9.78 Å². The molecule has 12 heteroatoms. The van der Waals surface area contributed by atoms with E-state index in [0.29, 0.717) is 22.5 Å². The first kappa shape index (κ1) is 27.1. The fourth-order valence-corrected chi connectivity index (χ4v) is 4.93. The van der Waals surface area contributed by atoms with Crippen molar-refractivity contribution in [2.75, 3.05) is 18.2 Å². The van der Waals surface area contributed by atoms with Crippen LogP contribution >= 0.6 is 0 Å². The Balaban J connectivity index is 1.77. The molecule has 0 aliphatic heterocycles. The van der Waals surface area contributed by atoms with Gasteiger partial charge in [0.25, 0.3) is 5.91 Å². The van der Waals surface area contributed by atoms with Crippen LogP contribution in [0.5, 0.6) is 0 Å². The summed E-state index contributed by atoms with van der Waals surface area (Å²) in [5, 5.41) is 10.6. The van der Waals surface area contributed by atoms with Crippen molar-refractivity contribution in [3.8, 4) is 16.8 Å². The van der Waals surface area contributed by atoms with E-state index in [1.807, 2.05) is 19.1 Å². The van der Waals surface area contributed by atoms with Crippen molar-refractivity contribution >= 4 is 33.1 Å². The standard InChI is InChI=1S/C27H24N6O5S/c1-4-38-27(35)24-23(30-32-28)25(33(31-24)21-11-7-5-9-17(21)2)26(34)29-19-15-13-18(14-16-19)20-10-6-8-12-22(20)39(3,36)37/h5-16H,4H2,1-3H3,(H,29,34). The highest BCUT2D eigenvalue weighted by Crippen LogP contribution is 2.31. The van der Waals surface area contributed by atoms with Crippen LogP contribution < -0.4 is 5.32 Å². The number of nitrogens with zero attached hydrogens (tertiary/aromatic N) is 5. The molecule has 198 valence electrons. The number of azide groups is 1. The van der Waals surface area contributed by atoms with Crippen molar-refractivity contribution in [2.24, 2.45) is 5.11 Å². The van der Waals surface area contributed by atoms with Gasteiger partial charge < -0.3 is 10.1 Å². The second-order valence-electron chi connectivity index (χ2n) is 8.45. The first-order valence-electron chi connectivity index (χ1n) is 11.8. The monoisotopic (exact) mass is 544 g/mol. The lowest BCUT2D eigenvalue weighted by atomic mass is 10.1. The number of anilines is 1. The number of carbonyl (C=O) groups excluding carboxylic acids is 2. The van der Waals surface area contributed by atoms with Gasteiger partial charge in [-0.25, -0.2) is 17.9 Å². The second kappa shape index (κ2) is 11.2. The molecule has 0 aliphatic carbocycles. The lowest BCUT2D eigenvalue weighted by molar-refractivity contribution is 0.0519. The maximum Gasteiger partial charge on any atom is 0.359 e. The fraction of sp³-hybridized carbons (Fsp3) is 0.148. The number of aromatic nitrogens is 2. The predicted octanol–water partition coefficient (Wildman–Crippen LogP) is 5.62. The maximum absolute atomic E-state index is 13.6. The molecule has 0 saturated carbocycles. The minimum absolute atomic E-state index is 0.0576. The molecular formula is C27H24N6O5S. The number of hydrogen-bond donors (Lipinski definition) is 1.